The molecule has 3 aromatic rings. The highest BCUT2D eigenvalue weighted by molar-refractivity contribution is 6.31. The molecule has 1 amide bonds. The lowest BCUT2D eigenvalue weighted by Crippen LogP contribution is -2.29. The van der Waals surface area contributed by atoms with E-state index in [-0.39, 0.29) is 12.5 Å². The van der Waals surface area contributed by atoms with Crippen molar-refractivity contribution in [1.82, 2.24) is 5.32 Å². The van der Waals surface area contributed by atoms with Gasteiger partial charge in [0, 0.05) is 17.3 Å². The van der Waals surface area contributed by atoms with E-state index in [9.17, 15) is 4.79 Å². The number of hydrogen-bond donors (Lipinski definition) is 2. The van der Waals surface area contributed by atoms with Crippen LogP contribution in [0.15, 0.2) is 78.9 Å². The Morgan fingerprint density at radius 2 is 1.50 bits per heavy atom. The number of rotatable bonds is 7. The fraction of sp³-hybridized carbons (Fsp3) is 0.0952. The van der Waals surface area contributed by atoms with Crippen molar-refractivity contribution in [1.29, 1.82) is 0 Å². The number of nitrogens with one attached hydrogen (secondary N) is 2. The number of benzene rings is 3. The zero-order valence-corrected chi connectivity index (χ0v) is 14.9. The Labute approximate surface area is 157 Å². The molecule has 26 heavy (non-hydrogen) atoms. The number of carbonyl (C=O) groups is 1. The van der Waals surface area contributed by atoms with Crippen LogP contribution in [0.1, 0.15) is 5.56 Å². The van der Waals surface area contributed by atoms with E-state index in [1.807, 2.05) is 72.8 Å². The minimum atomic E-state index is -0.102. The zero-order chi connectivity index (χ0) is 18.2. The average molecular weight is 367 g/mol. The molecule has 0 spiro atoms. The Kier molecular flexibility index (Phi) is 6.12. The van der Waals surface area contributed by atoms with Gasteiger partial charge >= 0.3 is 0 Å². The maximum Gasteiger partial charge on any atom is 0.239 e. The van der Waals surface area contributed by atoms with Crippen molar-refractivity contribution in [3.05, 3.63) is 89.4 Å². The van der Waals surface area contributed by atoms with Crippen molar-refractivity contribution in [2.75, 3.05) is 11.9 Å². The van der Waals surface area contributed by atoms with Crippen molar-refractivity contribution in [2.45, 2.75) is 6.54 Å². The SMILES string of the molecule is O=C(CNc1ccc(Oc2ccccc2)cc1)NCc1ccccc1Cl. The van der Waals surface area contributed by atoms with E-state index < -0.39 is 0 Å². The summed E-state index contributed by atoms with van der Waals surface area (Å²) < 4.78 is 5.74. The quantitative estimate of drug-likeness (QED) is 0.627. The molecule has 2 N–H and O–H groups in total. The van der Waals surface area contributed by atoms with Gasteiger partial charge in [-0.2, -0.15) is 0 Å². The third-order valence-electron chi connectivity index (χ3n) is 3.72. The van der Waals surface area contributed by atoms with Crippen molar-refractivity contribution < 1.29 is 9.53 Å². The van der Waals surface area contributed by atoms with Gasteiger partial charge in [-0.15, -0.1) is 0 Å². The Balaban J connectivity index is 1.45. The number of anilines is 1. The molecule has 0 saturated carbocycles. The van der Waals surface area contributed by atoms with E-state index in [1.165, 1.54) is 0 Å². The van der Waals surface area contributed by atoms with Gasteiger partial charge in [0.1, 0.15) is 11.5 Å². The molecular weight excluding hydrogens is 348 g/mol. The minimum Gasteiger partial charge on any atom is -0.457 e. The smallest absolute Gasteiger partial charge is 0.239 e. The minimum absolute atomic E-state index is 0.102. The maximum absolute atomic E-state index is 12.0. The van der Waals surface area contributed by atoms with Crippen LogP contribution in [0.4, 0.5) is 5.69 Å². The first-order chi connectivity index (χ1) is 12.7. The normalized spacial score (nSPS) is 10.2. The molecule has 0 bridgehead atoms. The van der Waals surface area contributed by atoms with Crippen LogP contribution in [0.2, 0.25) is 5.02 Å². The number of halogens is 1. The monoisotopic (exact) mass is 366 g/mol. The van der Waals surface area contributed by atoms with Gasteiger partial charge in [-0.25, -0.2) is 0 Å². The van der Waals surface area contributed by atoms with Gasteiger partial charge in [-0.1, -0.05) is 48.0 Å². The van der Waals surface area contributed by atoms with Crippen LogP contribution in [0.5, 0.6) is 11.5 Å². The van der Waals surface area contributed by atoms with Gasteiger partial charge in [0.05, 0.1) is 6.54 Å². The molecule has 3 rings (SSSR count). The highest BCUT2D eigenvalue weighted by Gasteiger charge is 2.04. The molecule has 132 valence electrons. The lowest BCUT2D eigenvalue weighted by molar-refractivity contribution is -0.119. The molecule has 0 aliphatic rings. The van der Waals surface area contributed by atoms with E-state index in [2.05, 4.69) is 10.6 Å². The number of carbonyl (C=O) groups excluding carboxylic acids is 1. The van der Waals surface area contributed by atoms with Gasteiger partial charge in [-0.3, -0.25) is 4.79 Å². The summed E-state index contributed by atoms with van der Waals surface area (Å²) in [7, 11) is 0. The standard InChI is InChI=1S/C21H19ClN2O2/c22-20-9-5-4-6-16(20)14-24-21(25)15-23-17-10-12-19(13-11-17)26-18-7-2-1-3-8-18/h1-13,23H,14-15H2,(H,24,25). The largest absolute Gasteiger partial charge is 0.457 e. The van der Waals surface area contributed by atoms with Gasteiger partial charge in [0.2, 0.25) is 5.91 Å². The second-order valence-electron chi connectivity index (χ2n) is 5.66. The van der Waals surface area contributed by atoms with Crippen molar-refractivity contribution >= 4 is 23.2 Å². The second-order valence-corrected chi connectivity index (χ2v) is 6.07. The van der Waals surface area contributed by atoms with E-state index in [0.29, 0.717) is 11.6 Å². The lowest BCUT2D eigenvalue weighted by atomic mass is 10.2. The van der Waals surface area contributed by atoms with Crippen LogP contribution in [0, 0.1) is 0 Å². The Hall–Kier alpha value is -2.98. The first-order valence-electron chi connectivity index (χ1n) is 8.27. The molecule has 3 aromatic carbocycles. The molecule has 0 aliphatic heterocycles. The summed E-state index contributed by atoms with van der Waals surface area (Å²) in [4.78, 5) is 12.0. The van der Waals surface area contributed by atoms with Gasteiger partial charge in [0.25, 0.3) is 0 Å². The van der Waals surface area contributed by atoms with E-state index in [0.717, 1.165) is 22.7 Å². The molecule has 0 saturated heterocycles. The summed E-state index contributed by atoms with van der Waals surface area (Å²) >= 11 is 6.07. The Morgan fingerprint density at radius 1 is 0.846 bits per heavy atom. The topological polar surface area (TPSA) is 50.4 Å². The van der Waals surface area contributed by atoms with Crippen LogP contribution in [0.25, 0.3) is 0 Å². The number of para-hydroxylation sites is 1. The van der Waals surface area contributed by atoms with Crippen LogP contribution >= 0.6 is 11.6 Å². The summed E-state index contributed by atoms with van der Waals surface area (Å²) in [6.45, 7) is 0.591. The molecular formula is C21H19ClN2O2. The highest BCUT2D eigenvalue weighted by atomic mass is 35.5. The fourth-order valence-electron chi connectivity index (χ4n) is 2.35. The first-order valence-corrected chi connectivity index (χ1v) is 8.65. The number of amides is 1. The molecule has 0 radical (unpaired) electrons. The van der Waals surface area contributed by atoms with Crippen LogP contribution in [0.3, 0.4) is 0 Å². The molecule has 0 aromatic heterocycles. The maximum atomic E-state index is 12.0. The summed E-state index contributed by atoms with van der Waals surface area (Å²) in [6.07, 6.45) is 0. The molecule has 0 aliphatic carbocycles. The third kappa shape index (κ3) is 5.26. The van der Waals surface area contributed by atoms with Crippen molar-refractivity contribution in [3.63, 3.8) is 0 Å². The molecule has 0 atom stereocenters. The predicted molar refractivity (Wildman–Crippen MR) is 105 cm³/mol. The van der Waals surface area contributed by atoms with E-state index in [4.69, 9.17) is 16.3 Å². The fourth-order valence-corrected chi connectivity index (χ4v) is 2.55. The van der Waals surface area contributed by atoms with Crippen LogP contribution in [-0.4, -0.2) is 12.5 Å². The van der Waals surface area contributed by atoms with Gasteiger partial charge in [-0.05, 0) is 48.0 Å². The molecule has 5 heteroatoms. The molecule has 0 fully saturated rings. The predicted octanol–water partition coefficient (Wildman–Crippen LogP) is 4.86. The molecule has 0 heterocycles. The summed E-state index contributed by atoms with van der Waals surface area (Å²) in [5.41, 5.74) is 1.74. The molecule has 0 unspecified atom stereocenters. The van der Waals surface area contributed by atoms with E-state index >= 15 is 0 Å². The van der Waals surface area contributed by atoms with Crippen LogP contribution < -0.4 is 15.4 Å². The lowest BCUT2D eigenvalue weighted by Gasteiger charge is -2.10. The summed E-state index contributed by atoms with van der Waals surface area (Å²) in [6, 6.07) is 24.5. The Bertz CT molecular complexity index is 851. The van der Waals surface area contributed by atoms with Crippen LogP contribution in [-0.2, 0) is 11.3 Å². The Morgan fingerprint density at radius 3 is 2.23 bits per heavy atom. The average Bonchev–Trinajstić information content (AvgIpc) is 2.68. The number of hydrogen-bond acceptors (Lipinski definition) is 3. The van der Waals surface area contributed by atoms with Crippen molar-refractivity contribution in [2.24, 2.45) is 0 Å². The summed E-state index contributed by atoms with van der Waals surface area (Å²) in [5, 5.41) is 6.58. The highest BCUT2D eigenvalue weighted by Crippen LogP contribution is 2.22. The third-order valence-corrected chi connectivity index (χ3v) is 4.09. The first kappa shape index (κ1) is 17.8. The van der Waals surface area contributed by atoms with Crippen molar-refractivity contribution in [3.8, 4) is 11.5 Å². The second kappa shape index (κ2) is 8.92. The number of ether oxygens (including phenoxy) is 1. The van der Waals surface area contributed by atoms with Gasteiger partial charge in [0.15, 0.2) is 0 Å². The van der Waals surface area contributed by atoms with Gasteiger partial charge < -0.3 is 15.4 Å². The van der Waals surface area contributed by atoms with E-state index in [1.54, 1.807) is 6.07 Å². The summed E-state index contributed by atoms with van der Waals surface area (Å²) in [5.74, 6) is 1.42. The zero-order valence-electron chi connectivity index (χ0n) is 14.1. The molecule has 4 nitrogen and oxygen atoms in total.